The van der Waals surface area contributed by atoms with E-state index in [0.717, 1.165) is 44.8 Å². The van der Waals surface area contributed by atoms with Gasteiger partial charge in [0.2, 0.25) is 5.95 Å². The van der Waals surface area contributed by atoms with Crippen LogP contribution >= 0.6 is 0 Å². The Balaban J connectivity index is 1.68. The first-order valence-electron chi connectivity index (χ1n) is 8.27. The second-order valence-electron chi connectivity index (χ2n) is 6.21. The third-order valence-corrected chi connectivity index (χ3v) is 4.17. The van der Waals surface area contributed by atoms with E-state index in [9.17, 15) is 0 Å². The fourth-order valence-electron chi connectivity index (χ4n) is 2.73. The molecule has 0 aliphatic heterocycles. The van der Waals surface area contributed by atoms with E-state index in [1.165, 1.54) is 0 Å². The summed E-state index contributed by atoms with van der Waals surface area (Å²) in [6.07, 6.45) is 5.31. The van der Waals surface area contributed by atoms with Crippen molar-refractivity contribution < 1.29 is 0 Å². The average Bonchev–Trinajstić information content (AvgIpc) is 2.65. The maximum Gasteiger partial charge on any atom is 0.227 e. The molecule has 0 unspecified atom stereocenters. The van der Waals surface area contributed by atoms with Crippen LogP contribution in [0, 0.1) is 13.8 Å². The summed E-state index contributed by atoms with van der Waals surface area (Å²) in [6.45, 7) is 3.99. The van der Waals surface area contributed by atoms with Gasteiger partial charge < -0.3 is 11.1 Å². The minimum absolute atomic E-state index is 0.512. The molecule has 0 spiro atoms. The van der Waals surface area contributed by atoms with Crippen molar-refractivity contribution >= 4 is 28.2 Å². The van der Waals surface area contributed by atoms with Gasteiger partial charge in [-0.05, 0) is 49.7 Å². The van der Waals surface area contributed by atoms with Crippen molar-refractivity contribution in [1.29, 1.82) is 0 Å². The number of pyridine rings is 2. The van der Waals surface area contributed by atoms with Crippen molar-refractivity contribution in [3.8, 4) is 11.3 Å². The lowest BCUT2D eigenvalue weighted by Crippen LogP contribution is -1.98. The summed E-state index contributed by atoms with van der Waals surface area (Å²) < 4.78 is 0. The molecular weight excluding hydrogens is 324 g/mol. The van der Waals surface area contributed by atoms with E-state index in [1.54, 1.807) is 18.6 Å². The maximum absolute atomic E-state index is 5.91. The van der Waals surface area contributed by atoms with Crippen LogP contribution in [0.2, 0.25) is 0 Å². The van der Waals surface area contributed by atoms with Gasteiger partial charge in [0.15, 0.2) is 0 Å². The lowest BCUT2D eigenvalue weighted by Gasteiger charge is -2.09. The summed E-state index contributed by atoms with van der Waals surface area (Å²) in [5, 5.41) is 4.08. The third-order valence-electron chi connectivity index (χ3n) is 4.17. The Kier molecular flexibility index (Phi) is 3.93. The van der Waals surface area contributed by atoms with Crippen LogP contribution in [0.3, 0.4) is 0 Å². The zero-order chi connectivity index (χ0) is 18.1. The van der Waals surface area contributed by atoms with Gasteiger partial charge in [-0.25, -0.2) is 9.97 Å². The smallest absolute Gasteiger partial charge is 0.227 e. The molecular formula is C20H18N6. The first-order chi connectivity index (χ1) is 12.6. The molecule has 3 N–H and O–H groups in total. The van der Waals surface area contributed by atoms with Crippen LogP contribution in [-0.2, 0) is 0 Å². The number of nitrogens with two attached hydrogens (primary N) is 1. The lowest BCUT2D eigenvalue weighted by atomic mass is 10.0. The number of hydrogen-bond donors (Lipinski definition) is 2. The van der Waals surface area contributed by atoms with Crippen LogP contribution in [0.25, 0.3) is 22.2 Å². The van der Waals surface area contributed by atoms with Crippen molar-refractivity contribution in [2.45, 2.75) is 13.8 Å². The largest absolute Gasteiger partial charge is 0.399 e. The molecule has 1 aromatic carbocycles. The number of fused-ring (bicyclic) bond motifs is 1. The summed E-state index contributed by atoms with van der Waals surface area (Å²) >= 11 is 0. The zero-order valence-electron chi connectivity index (χ0n) is 14.6. The summed E-state index contributed by atoms with van der Waals surface area (Å²) in [5.41, 5.74) is 12.2. The Hall–Kier alpha value is -3.54. The summed E-state index contributed by atoms with van der Waals surface area (Å²) in [5.74, 6) is 0.512. The molecule has 0 saturated carbocycles. The van der Waals surface area contributed by atoms with Crippen LogP contribution < -0.4 is 11.1 Å². The molecule has 3 aromatic heterocycles. The maximum atomic E-state index is 5.91. The van der Waals surface area contributed by atoms with Crippen LogP contribution in [0.15, 0.2) is 55.0 Å². The number of nitrogen functional groups attached to an aromatic ring is 1. The third kappa shape index (κ3) is 3.17. The van der Waals surface area contributed by atoms with E-state index in [-0.39, 0.29) is 0 Å². The molecule has 0 amide bonds. The predicted octanol–water partition coefficient (Wildman–Crippen LogP) is 4.03. The Morgan fingerprint density at radius 1 is 0.885 bits per heavy atom. The van der Waals surface area contributed by atoms with Crippen molar-refractivity contribution in [2.24, 2.45) is 0 Å². The first kappa shape index (κ1) is 16.0. The second kappa shape index (κ2) is 6.40. The molecule has 0 atom stereocenters. The zero-order valence-corrected chi connectivity index (χ0v) is 14.6. The number of hydrogen-bond acceptors (Lipinski definition) is 6. The number of nitrogens with zero attached hydrogens (tertiary/aromatic N) is 4. The quantitative estimate of drug-likeness (QED) is 0.546. The fraction of sp³-hybridized carbons (Fsp3) is 0.100. The summed E-state index contributed by atoms with van der Waals surface area (Å²) in [7, 11) is 0. The van der Waals surface area contributed by atoms with Gasteiger partial charge >= 0.3 is 0 Å². The van der Waals surface area contributed by atoms with Crippen LogP contribution in [-0.4, -0.2) is 19.9 Å². The van der Waals surface area contributed by atoms with Crippen molar-refractivity contribution in [3.63, 3.8) is 0 Å². The van der Waals surface area contributed by atoms with E-state index in [1.807, 2.05) is 50.2 Å². The van der Waals surface area contributed by atoms with E-state index in [0.29, 0.717) is 5.95 Å². The molecule has 3 heterocycles. The molecule has 26 heavy (non-hydrogen) atoms. The number of aryl methyl sites for hydroxylation is 2. The Morgan fingerprint density at radius 2 is 1.77 bits per heavy atom. The Morgan fingerprint density at radius 3 is 2.58 bits per heavy atom. The van der Waals surface area contributed by atoms with Crippen LogP contribution in [0.5, 0.6) is 0 Å². The second-order valence-corrected chi connectivity index (χ2v) is 6.21. The number of benzene rings is 1. The van der Waals surface area contributed by atoms with Gasteiger partial charge in [0.1, 0.15) is 0 Å². The number of rotatable bonds is 3. The predicted molar refractivity (Wildman–Crippen MR) is 104 cm³/mol. The Labute approximate surface area is 151 Å². The van der Waals surface area contributed by atoms with Crippen molar-refractivity contribution in [2.75, 3.05) is 11.1 Å². The van der Waals surface area contributed by atoms with Gasteiger partial charge in [-0.2, -0.15) is 0 Å². The lowest BCUT2D eigenvalue weighted by molar-refractivity contribution is 1.17. The fourth-order valence-corrected chi connectivity index (χ4v) is 2.73. The van der Waals surface area contributed by atoms with Crippen LogP contribution in [0.4, 0.5) is 17.3 Å². The number of aromatic nitrogens is 4. The molecule has 4 aromatic rings. The highest BCUT2D eigenvalue weighted by Crippen LogP contribution is 2.26. The van der Waals surface area contributed by atoms with Crippen LogP contribution in [0.1, 0.15) is 11.3 Å². The van der Waals surface area contributed by atoms with E-state index < -0.39 is 0 Å². The minimum atomic E-state index is 0.512. The molecule has 128 valence electrons. The number of anilines is 3. The highest BCUT2D eigenvalue weighted by Gasteiger charge is 2.07. The van der Waals surface area contributed by atoms with Gasteiger partial charge in [-0.1, -0.05) is 6.07 Å². The molecule has 0 radical (unpaired) electrons. The van der Waals surface area contributed by atoms with Crippen molar-refractivity contribution in [1.82, 2.24) is 19.9 Å². The van der Waals surface area contributed by atoms with Gasteiger partial charge in [-0.15, -0.1) is 0 Å². The molecule has 4 rings (SSSR count). The highest BCUT2D eigenvalue weighted by molar-refractivity contribution is 5.83. The van der Waals surface area contributed by atoms with Crippen molar-refractivity contribution in [3.05, 3.63) is 66.2 Å². The number of nitrogens with one attached hydrogen (secondary N) is 1. The topological polar surface area (TPSA) is 89.6 Å². The first-order valence-corrected chi connectivity index (χ1v) is 8.27. The highest BCUT2D eigenvalue weighted by atomic mass is 15.1. The minimum Gasteiger partial charge on any atom is -0.399 e. The molecule has 0 bridgehead atoms. The molecule has 0 saturated heterocycles. The van der Waals surface area contributed by atoms with Gasteiger partial charge in [0.05, 0.1) is 29.3 Å². The monoisotopic (exact) mass is 342 g/mol. The molecule has 0 aliphatic rings. The normalized spacial score (nSPS) is 10.8. The standard InChI is InChI=1S/C20H18N6/c1-12-3-5-15(21)8-17(12)18-7-14-9-24-20(26-19(14)11-23-18)25-16-6-4-13(2)22-10-16/h3-11H,21H2,1-2H3,(H,24,25,26). The molecule has 0 fully saturated rings. The molecule has 6 nitrogen and oxygen atoms in total. The van der Waals surface area contributed by atoms with Gasteiger partial charge in [0.25, 0.3) is 0 Å². The van der Waals surface area contributed by atoms with E-state index in [4.69, 9.17) is 5.73 Å². The Bertz CT molecular complexity index is 1090. The SMILES string of the molecule is Cc1ccc(Nc2ncc3cc(-c4cc(N)ccc4C)ncc3n2)cn1. The average molecular weight is 342 g/mol. The summed E-state index contributed by atoms with van der Waals surface area (Å²) in [4.78, 5) is 17.7. The molecule has 0 aliphatic carbocycles. The van der Waals surface area contributed by atoms with E-state index >= 15 is 0 Å². The van der Waals surface area contributed by atoms with E-state index in [2.05, 4.69) is 25.3 Å². The summed E-state index contributed by atoms with van der Waals surface area (Å²) in [6, 6.07) is 11.7. The molecule has 6 heteroatoms. The van der Waals surface area contributed by atoms with Gasteiger partial charge in [-0.3, -0.25) is 9.97 Å². The van der Waals surface area contributed by atoms with Gasteiger partial charge in [0, 0.05) is 28.5 Å².